The summed E-state index contributed by atoms with van der Waals surface area (Å²) >= 11 is 0. The first-order valence-corrected chi connectivity index (χ1v) is 9.17. The quantitative estimate of drug-likeness (QED) is 0.568. The number of rotatable bonds is 8. The molecule has 2 nitrogen and oxygen atoms in total. The first kappa shape index (κ1) is 21.6. The third-order valence-electron chi connectivity index (χ3n) is 4.64. The second kappa shape index (κ2) is 11.2. The number of hydrogen-bond acceptors (Lipinski definition) is 2. The van der Waals surface area contributed by atoms with E-state index in [-0.39, 0.29) is 6.10 Å². The zero-order chi connectivity index (χ0) is 17.3. The summed E-state index contributed by atoms with van der Waals surface area (Å²) in [4.78, 5) is 2.17. The van der Waals surface area contributed by atoms with E-state index >= 15 is 0 Å². The van der Waals surface area contributed by atoms with Gasteiger partial charge in [-0.25, -0.2) is 4.39 Å². The highest BCUT2D eigenvalue weighted by Gasteiger charge is 2.34. The number of nitrogens with zero attached hydrogens (tertiary/aromatic N) is 1. The highest BCUT2D eigenvalue weighted by Crippen LogP contribution is 2.33. The molecule has 0 bridgehead atoms. The summed E-state index contributed by atoms with van der Waals surface area (Å²) < 4.78 is 20.5. The van der Waals surface area contributed by atoms with Gasteiger partial charge in [-0.2, -0.15) is 0 Å². The molecule has 0 saturated heterocycles. The minimum Gasteiger partial charge on any atom is -0.366 e. The van der Waals surface area contributed by atoms with Crippen LogP contribution in [0.4, 0.5) is 4.39 Å². The fraction of sp³-hybridized carbons (Fsp3) is 0.895. The minimum atomic E-state index is -0.922. The maximum absolute atomic E-state index is 14.7. The average molecular weight is 316 g/mol. The van der Waals surface area contributed by atoms with Gasteiger partial charge >= 0.3 is 0 Å². The maximum Gasteiger partial charge on any atom is 0.143 e. The number of hydrogen-bond donors (Lipinski definition) is 0. The summed E-state index contributed by atoms with van der Waals surface area (Å²) in [6.07, 6.45) is 0.753. The lowest BCUT2D eigenvalue weighted by Crippen LogP contribution is -2.40. The molecule has 0 N–H and O–H groups in total. The second-order valence-electron chi connectivity index (χ2n) is 6.14. The largest absolute Gasteiger partial charge is 0.366 e. The molecule has 0 aromatic heterocycles. The van der Waals surface area contributed by atoms with Gasteiger partial charge < -0.3 is 4.74 Å². The van der Waals surface area contributed by atoms with E-state index in [0.29, 0.717) is 25.1 Å². The van der Waals surface area contributed by atoms with Crippen LogP contribution >= 0.6 is 0 Å². The molecule has 1 heterocycles. The SMILES string of the molecule is CC.CCC1=C(C(C)CC)COC1C(F)CN(CC)C(C)C. The molecule has 132 valence electrons. The van der Waals surface area contributed by atoms with Crippen molar-refractivity contribution < 1.29 is 9.13 Å². The molecule has 1 aliphatic rings. The van der Waals surface area contributed by atoms with Gasteiger partial charge in [-0.3, -0.25) is 4.90 Å². The molecule has 22 heavy (non-hydrogen) atoms. The average Bonchev–Trinajstić information content (AvgIpc) is 2.97. The van der Waals surface area contributed by atoms with Crippen LogP contribution in [0.25, 0.3) is 0 Å². The predicted molar refractivity (Wildman–Crippen MR) is 95.1 cm³/mol. The summed E-state index contributed by atoms with van der Waals surface area (Å²) in [5, 5.41) is 0. The van der Waals surface area contributed by atoms with Crippen LogP contribution in [0.3, 0.4) is 0 Å². The Hall–Kier alpha value is -0.410. The highest BCUT2D eigenvalue weighted by atomic mass is 19.1. The van der Waals surface area contributed by atoms with Crippen LogP contribution in [0.2, 0.25) is 0 Å². The van der Waals surface area contributed by atoms with Gasteiger partial charge in [-0.05, 0) is 50.3 Å². The standard InChI is InChI=1S/C17H32FNO.C2H6/c1-7-13(6)15-11-20-17(14(15)8-2)16(18)10-19(9-3)12(4)5;1-2/h12-13,16-17H,7-11H2,1-6H3;1-2H3. The molecule has 1 rings (SSSR count). The molecule has 3 atom stereocenters. The van der Waals surface area contributed by atoms with Gasteiger partial charge in [0.15, 0.2) is 0 Å². The molecule has 0 fully saturated rings. The molecule has 0 saturated carbocycles. The third-order valence-corrected chi connectivity index (χ3v) is 4.64. The van der Waals surface area contributed by atoms with Crippen molar-refractivity contribution in [2.75, 3.05) is 19.7 Å². The van der Waals surface area contributed by atoms with Gasteiger partial charge in [0.05, 0.1) is 6.61 Å². The number of halogens is 1. The van der Waals surface area contributed by atoms with Gasteiger partial charge in [0, 0.05) is 12.6 Å². The summed E-state index contributed by atoms with van der Waals surface area (Å²) in [5.74, 6) is 0.509. The molecule has 0 amide bonds. The normalized spacial score (nSPS) is 21.1. The van der Waals surface area contributed by atoms with Crippen molar-refractivity contribution >= 4 is 0 Å². The van der Waals surface area contributed by atoms with Crippen molar-refractivity contribution in [3.63, 3.8) is 0 Å². The summed E-state index contributed by atoms with van der Waals surface area (Å²) in [6, 6.07) is 0.378. The monoisotopic (exact) mass is 315 g/mol. The Morgan fingerprint density at radius 2 is 1.77 bits per heavy atom. The van der Waals surface area contributed by atoms with Gasteiger partial charge in [-0.15, -0.1) is 0 Å². The van der Waals surface area contributed by atoms with Gasteiger partial charge in [-0.1, -0.05) is 41.5 Å². The van der Waals surface area contributed by atoms with Crippen molar-refractivity contribution in [3.8, 4) is 0 Å². The molecule has 0 aliphatic carbocycles. The fourth-order valence-corrected chi connectivity index (χ4v) is 3.04. The Labute approximate surface area is 138 Å². The van der Waals surface area contributed by atoms with E-state index in [4.69, 9.17) is 4.74 Å². The zero-order valence-electron chi connectivity index (χ0n) is 16.1. The van der Waals surface area contributed by atoms with Crippen molar-refractivity contribution in [2.24, 2.45) is 5.92 Å². The summed E-state index contributed by atoms with van der Waals surface area (Å²) in [5.41, 5.74) is 2.56. The van der Waals surface area contributed by atoms with Gasteiger partial charge in [0.1, 0.15) is 12.3 Å². The van der Waals surface area contributed by atoms with E-state index in [0.717, 1.165) is 19.4 Å². The Morgan fingerprint density at radius 3 is 2.18 bits per heavy atom. The van der Waals surface area contributed by atoms with E-state index in [9.17, 15) is 4.39 Å². The lowest BCUT2D eigenvalue weighted by molar-refractivity contribution is 0.0282. The van der Waals surface area contributed by atoms with E-state index < -0.39 is 6.17 Å². The first-order valence-electron chi connectivity index (χ1n) is 9.17. The Bertz CT molecular complexity index is 327. The van der Waals surface area contributed by atoms with Crippen LogP contribution in [-0.2, 0) is 4.74 Å². The molecular formula is C19H38FNO. The van der Waals surface area contributed by atoms with Crippen molar-refractivity contribution in [3.05, 3.63) is 11.1 Å². The van der Waals surface area contributed by atoms with Crippen LogP contribution < -0.4 is 0 Å². The van der Waals surface area contributed by atoms with E-state index in [1.807, 2.05) is 13.8 Å². The van der Waals surface area contributed by atoms with Crippen LogP contribution in [-0.4, -0.2) is 42.9 Å². The number of ether oxygens (including phenoxy) is 1. The molecule has 0 aromatic carbocycles. The smallest absolute Gasteiger partial charge is 0.143 e. The van der Waals surface area contributed by atoms with E-state index in [2.05, 4.69) is 46.4 Å². The predicted octanol–water partition coefficient (Wildman–Crippen LogP) is 5.23. The Morgan fingerprint density at radius 1 is 1.18 bits per heavy atom. The first-order chi connectivity index (χ1) is 10.5. The van der Waals surface area contributed by atoms with Gasteiger partial charge in [0.2, 0.25) is 0 Å². The molecular weight excluding hydrogens is 277 g/mol. The lowest BCUT2D eigenvalue weighted by atomic mass is 9.91. The zero-order valence-corrected chi connectivity index (χ0v) is 16.1. The van der Waals surface area contributed by atoms with Crippen molar-refractivity contribution in [1.82, 2.24) is 4.90 Å². The molecule has 0 radical (unpaired) electrons. The second-order valence-corrected chi connectivity index (χ2v) is 6.14. The van der Waals surface area contributed by atoms with Gasteiger partial charge in [0.25, 0.3) is 0 Å². The van der Waals surface area contributed by atoms with Crippen LogP contribution in [0.5, 0.6) is 0 Å². The third kappa shape index (κ3) is 5.66. The van der Waals surface area contributed by atoms with E-state index in [1.54, 1.807) is 0 Å². The maximum atomic E-state index is 14.7. The summed E-state index contributed by atoms with van der Waals surface area (Å²) in [6.45, 7) is 18.8. The topological polar surface area (TPSA) is 12.5 Å². The molecule has 0 spiro atoms. The molecule has 1 aliphatic heterocycles. The molecule has 0 aromatic rings. The number of alkyl halides is 1. The Kier molecular flexibility index (Phi) is 11.0. The fourth-order valence-electron chi connectivity index (χ4n) is 3.04. The minimum absolute atomic E-state index is 0.322. The molecule has 3 heteroatoms. The lowest BCUT2D eigenvalue weighted by Gasteiger charge is -2.29. The highest BCUT2D eigenvalue weighted by molar-refractivity contribution is 5.26. The van der Waals surface area contributed by atoms with Crippen molar-refractivity contribution in [2.45, 2.75) is 86.5 Å². The van der Waals surface area contributed by atoms with Crippen LogP contribution in [0.1, 0.15) is 68.2 Å². The molecule has 3 unspecified atom stereocenters. The van der Waals surface area contributed by atoms with Crippen LogP contribution in [0, 0.1) is 5.92 Å². The van der Waals surface area contributed by atoms with E-state index in [1.165, 1.54) is 11.1 Å². The van der Waals surface area contributed by atoms with Crippen molar-refractivity contribution in [1.29, 1.82) is 0 Å². The Balaban J connectivity index is 0.00000211. The summed E-state index contributed by atoms with van der Waals surface area (Å²) in [7, 11) is 0. The van der Waals surface area contributed by atoms with Crippen LogP contribution in [0.15, 0.2) is 11.1 Å².